The van der Waals surface area contributed by atoms with Gasteiger partial charge in [-0.05, 0) is 35.8 Å². The summed E-state index contributed by atoms with van der Waals surface area (Å²) in [5, 5.41) is 9.02. The average Bonchev–Trinajstić information content (AvgIpc) is 2.23. The van der Waals surface area contributed by atoms with Gasteiger partial charge in [0.1, 0.15) is 0 Å². The van der Waals surface area contributed by atoms with Crippen molar-refractivity contribution in [2.24, 2.45) is 11.3 Å². The zero-order valence-corrected chi connectivity index (χ0v) is 10.8. The first kappa shape index (κ1) is 13.9. The number of hydrogen-bond donors (Lipinski definition) is 1. The third-order valence-corrected chi connectivity index (χ3v) is 3.47. The zero-order chi connectivity index (χ0) is 13.2. The lowest BCUT2D eigenvalue weighted by molar-refractivity contribution is 0.246. The summed E-state index contributed by atoms with van der Waals surface area (Å²) in [6.07, 6.45) is 1.28. The molecule has 0 fully saturated rings. The third kappa shape index (κ3) is 3.42. The summed E-state index contributed by atoms with van der Waals surface area (Å²) in [7, 11) is 0. The highest BCUT2D eigenvalue weighted by molar-refractivity contribution is 5.29. The fraction of sp³-hybridized carbons (Fsp3) is 0.571. The summed E-state index contributed by atoms with van der Waals surface area (Å²) < 4.78 is 26.6. The smallest absolute Gasteiger partial charge is 0.200 e. The molecule has 3 heteroatoms. The average molecular weight is 242 g/mol. The predicted molar refractivity (Wildman–Crippen MR) is 65.0 cm³/mol. The van der Waals surface area contributed by atoms with Gasteiger partial charge in [0.05, 0.1) is 0 Å². The van der Waals surface area contributed by atoms with Crippen LogP contribution in [0, 0.1) is 23.0 Å². The van der Waals surface area contributed by atoms with Crippen molar-refractivity contribution in [3.8, 4) is 5.75 Å². The van der Waals surface area contributed by atoms with Crippen LogP contribution in [0.25, 0.3) is 0 Å². The van der Waals surface area contributed by atoms with E-state index in [1.807, 2.05) is 0 Å². The van der Waals surface area contributed by atoms with Gasteiger partial charge in [-0.1, -0.05) is 33.8 Å². The number of phenols is 1. The Labute approximate surface area is 101 Å². The SMILES string of the molecule is CC(CCc1ccc(O)c(F)c1F)C(C)(C)C. The number of aryl methyl sites for hydroxylation is 1. The maximum absolute atomic E-state index is 13.5. The molecule has 1 aromatic rings. The van der Waals surface area contributed by atoms with Crippen molar-refractivity contribution in [3.63, 3.8) is 0 Å². The van der Waals surface area contributed by atoms with E-state index in [1.54, 1.807) is 0 Å². The van der Waals surface area contributed by atoms with Gasteiger partial charge in [0.15, 0.2) is 11.6 Å². The predicted octanol–water partition coefficient (Wildman–Crippen LogP) is 4.29. The van der Waals surface area contributed by atoms with Crippen molar-refractivity contribution in [2.45, 2.75) is 40.5 Å². The standard InChI is InChI=1S/C14H20F2O/c1-9(14(2,3)4)5-6-10-7-8-11(17)13(16)12(10)15/h7-9,17H,5-6H2,1-4H3. The first-order valence-corrected chi connectivity index (χ1v) is 5.89. The van der Waals surface area contributed by atoms with Crippen LogP contribution in [0.2, 0.25) is 0 Å². The molecule has 0 bridgehead atoms. The van der Waals surface area contributed by atoms with Crippen molar-refractivity contribution in [1.82, 2.24) is 0 Å². The monoisotopic (exact) mass is 242 g/mol. The van der Waals surface area contributed by atoms with Gasteiger partial charge in [-0.3, -0.25) is 0 Å². The van der Waals surface area contributed by atoms with E-state index in [0.29, 0.717) is 17.9 Å². The summed E-state index contributed by atoms with van der Waals surface area (Å²) in [4.78, 5) is 0. The minimum absolute atomic E-state index is 0.159. The Morgan fingerprint density at radius 1 is 1.18 bits per heavy atom. The molecule has 1 rings (SSSR count). The van der Waals surface area contributed by atoms with Crippen LogP contribution in [-0.2, 0) is 6.42 Å². The van der Waals surface area contributed by atoms with Gasteiger partial charge in [0.2, 0.25) is 5.82 Å². The van der Waals surface area contributed by atoms with E-state index in [1.165, 1.54) is 12.1 Å². The molecular formula is C14H20F2O. The lowest BCUT2D eigenvalue weighted by atomic mass is 9.79. The minimum atomic E-state index is -1.15. The van der Waals surface area contributed by atoms with Crippen LogP contribution in [0.3, 0.4) is 0 Å². The van der Waals surface area contributed by atoms with Crippen LogP contribution in [0.15, 0.2) is 12.1 Å². The van der Waals surface area contributed by atoms with Crippen molar-refractivity contribution in [1.29, 1.82) is 0 Å². The van der Waals surface area contributed by atoms with E-state index in [4.69, 9.17) is 5.11 Å². The van der Waals surface area contributed by atoms with Gasteiger partial charge in [-0.15, -0.1) is 0 Å². The normalized spacial score (nSPS) is 13.8. The highest BCUT2D eigenvalue weighted by Gasteiger charge is 2.21. The molecule has 0 amide bonds. The Balaban J connectivity index is 2.74. The first-order chi connectivity index (χ1) is 7.73. The molecule has 1 aromatic carbocycles. The molecule has 0 aromatic heterocycles. The Hall–Kier alpha value is -1.12. The maximum atomic E-state index is 13.5. The van der Waals surface area contributed by atoms with Gasteiger partial charge in [0, 0.05) is 0 Å². The van der Waals surface area contributed by atoms with Crippen LogP contribution in [0.4, 0.5) is 8.78 Å². The van der Waals surface area contributed by atoms with Crippen molar-refractivity contribution >= 4 is 0 Å². The second-order valence-corrected chi connectivity index (χ2v) is 5.68. The van der Waals surface area contributed by atoms with Crippen molar-refractivity contribution in [3.05, 3.63) is 29.3 Å². The van der Waals surface area contributed by atoms with Crippen molar-refractivity contribution in [2.75, 3.05) is 0 Å². The van der Waals surface area contributed by atoms with Gasteiger partial charge in [0.25, 0.3) is 0 Å². The number of benzene rings is 1. The molecule has 1 nitrogen and oxygen atoms in total. The molecule has 0 aliphatic heterocycles. The van der Waals surface area contributed by atoms with E-state index in [-0.39, 0.29) is 5.41 Å². The highest BCUT2D eigenvalue weighted by Crippen LogP contribution is 2.30. The van der Waals surface area contributed by atoms with Crippen molar-refractivity contribution < 1.29 is 13.9 Å². The zero-order valence-electron chi connectivity index (χ0n) is 10.8. The lowest BCUT2D eigenvalue weighted by Gasteiger charge is -2.27. The second-order valence-electron chi connectivity index (χ2n) is 5.68. The fourth-order valence-electron chi connectivity index (χ4n) is 1.58. The fourth-order valence-corrected chi connectivity index (χ4v) is 1.58. The van der Waals surface area contributed by atoms with Gasteiger partial charge in [-0.25, -0.2) is 4.39 Å². The van der Waals surface area contributed by atoms with E-state index in [2.05, 4.69) is 27.7 Å². The number of hydrogen-bond acceptors (Lipinski definition) is 1. The third-order valence-electron chi connectivity index (χ3n) is 3.47. The van der Waals surface area contributed by atoms with E-state index >= 15 is 0 Å². The topological polar surface area (TPSA) is 20.2 Å². The lowest BCUT2D eigenvalue weighted by Crippen LogP contribution is -2.18. The Kier molecular flexibility index (Phi) is 4.12. The number of aromatic hydroxyl groups is 1. The summed E-state index contributed by atoms with van der Waals surface area (Å²) in [5.74, 6) is -2.29. The summed E-state index contributed by atoms with van der Waals surface area (Å²) in [6.45, 7) is 8.50. The van der Waals surface area contributed by atoms with Crippen LogP contribution in [-0.4, -0.2) is 5.11 Å². The van der Waals surface area contributed by atoms with Crippen LogP contribution < -0.4 is 0 Å². The molecule has 0 saturated heterocycles. The Morgan fingerprint density at radius 2 is 1.76 bits per heavy atom. The maximum Gasteiger partial charge on any atom is 0.200 e. The molecule has 0 spiro atoms. The van der Waals surface area contributed by atoms with Crippen LogP contribution in [0.5, 0.6) is 5.75 Å². The molecule has 1 atom stereocenters. The molecule has 0 radical (unpaired) electrons. The molecule has 0 heterocycles. The summed E-state index contributed by atoms with van der Waals surface area (Å²) in [5.41, 5.74) is 0.489. The largest absolute Gasteiger partial charge is 0.505 e. The second kappa shape index (κ2) is 5.03. The molecular weight excluding hydrogens is 222 g/mol. The van der Waals surface area contributed by atoms with Crippen LogP contribution >= 0.6 is 0 Å². The number of phenolic OH excluding ortho intramolecular Hbond substituents is 1. The van der Waals surface area contributed by atoms with Gasteiger partial charge >= 0.3 is 0 Å². The molecule has 1 unspecified atom stereocenters. The molecule has 96 valence electrons. The molecule has 0 saturated carbocycles. The molecule has 0 aliphatic carbocycles. The first-order valence-electron chi connectivity index (χ1n) is 5.89. The number of halogens is 2. The number of rotatable bonds is 3. The van der Waals surface area contributed by atoms with Crippen LogP contribution in [0.1, 0.15) is 39.7 Å². The Morgan fingerprint density at radius 3 is 2.29 bits per heavy atom. The van der Waals surface area contributed by atoms with E-state index in [9.17, 15) is 8.78 Å². The quantitative estimate of drug-likeness (QED) is 0.838. The van der Waals surface area contributed by atoms with E-state index in [0.717, 1.165) is 6.42 Å². The van der Waals surface area contributed by atoms with Gasteiger partial charge in [-0.2, -0.15) is 4.39 Å². The molecule has 17 heavy (non-hydrogen) atoms. The molecule has 0 aliphatic rings. The summed E-state index contributed by atoms with van der Waals surface area (Å²) in [6, 6.07) is 2.65. The van der Waals surface area contributed by atoms with Gasteiger partial charge < -0.3 is 5.11 Å². The van der Waals surface area contributed by atoms with E-state index < -0.39 is 17.4 Å². The summed E-state index contributed by atoms with van der Waals surface area (Å²) >= 11 is 0. The highest BCUT2D eigenvalue weighted by atomic mass is 19.2. The Bertz CT molecular complexity index is 394. The molecule has 1 N–H and O–H groups in total. The minimum Gasteiger partial charge on any atom is -0.505 e.